The van der Waals surface area contributed by atoms with Gasteiger partial charge in [-0.05, 0) is 12.8 Å². The van der Waals surface area contributed by atoms with Gasteiger partial charge in [0.1, 0.15) is 6.10 Å². The highest BCUT2D eigenvalue weighted by atomic mass is 31.2. The molecule has 336 valence electrons. The highest BCUT2D eigenvalue weighted by molar-refractivity contribution is 7.47. The average molecular weight is 818 g/mol. The molecule has 0 bridgehead atoms. The maximum Gasteiger partial charge on any atom is 0.472 e. The zero-order valence-corrected chi connectivity index (χ0v) is 38.3. The van der Waals surface area contributed by atoms with Gasteiger partial charge in [0.05, 0.1) is 19.8 Å². The van der Waals surface area contributed by atoms with Gasteiger partial charge < -0.3 is 20.1 Å². The van der Waals surface area contributed by atoms with E-state index in [9.17, 15) is 14.3 Å². The molecule has 56 heavy (non-hydrogen) atoms. The molecule has 0 radical (unpaired) electrons. The minimum Gasteiger partial charge on any atom is -0.457 e. The average Bonchev–Trinajstić information content (AvgIpc) is 3.19. The van der Waals surface area contributed by atoms with Crippen molar-refractivity contribution in [3.63, 3.8) is 0 Å². The summed E-state index contributed by atoms with van der Waals surface area (Å²) in [5.41, 5.74) is 5.38. The molecule has 0 aromatic rings. The summed E-state index contributed by atoms with van der Waals surface area (Å²) >= 11 is 0. The number of hydrogen-bond donors (Lipinski definition) is 2. The van der Waals surface area contributed by atoms with Crippen molar-refractivity contribution in [1.82, 2.24) is 0 Å². The van der Waals surface area contributed by atoms with Crippen LogP contribution in [0.5, 0.6) is 0 Å². The van der Waals surface area contributed by atoms with Gasteiger partial charge in [0.15, 0.2) is 0 Å². The minimum atomic E-state index is -4.27. The monoisotopic (exact) mass is 818 g/mol. The normalized spacial score (nSPS) is 13.3. The van der Waals surface area contributed by atoms with Crippen molar-refractivity contribution < 1.29 is 32.8 Å². The third-order valence-corrected chi connectivity index (χ3v) is 12.0. The topological polar surface area (TPSA) is 117 Å². The maximum atomic E-state index is 12.6. The Morgan fingerprint density at radius 2 is 0.786 bits per heavy atom. The number of unbranched alkanes of at least 4 members (excludes halogenated alkanes) is 35. The van der Waals surface area contributed by atoms with E-state index in [0.717, 1.165) is 32.1 Å². The first kappa shape index (κ1) is 55.5. The number of carbonyl (C=O) groups is 1. The maximum absolute atomic E-state index is 12.6. The summed E-state index contributed by atoms with van der Waals surface area (Å²) in [5.74, 6) is -0.322. The van der Waals surface area contributed by atoms with E-state index in [4.69, 9.17) is 24.3 Å². The number of esters is 1. The third-order valence-electron chi connectivity index (χ3n) is 11.0. The molecule has 0 spiro atoms. The fourth-order valence-corrected chi connectivity index (χ4v) is 8.18. The Bertz CT molecular complexity index is 832. The van der Waals surface area contributed by atoms with Gasteiger partial charge in [-0.1, -0.05) is 239 Å². The van der Waals surface area contributed by atoms with Crippen molar-refractivity contribution in [1.29, 1.82) is 0 Å². The number of ether oxygens (including phenoxy) is 2. The lowest BCUT2D eigenvalue weighted by Gasteiger charge is -2.20. The minimum absolute atomic E-state index is 0.0900. The van der Waals surface area contributed by atoms with Crippen LogP contribution in [0.3, 0.4) is 0 Å². The highest BCUT2D eigenvalue weighted by Gasteiger charge is 2.25. The summed E-state index contributed by atoms with van der Waals surface area (Å²) < 4.78 is 33.5. The molecule has 0 aliphatic rings. The SMILES string of the molecule is CCCCCCCCCCCCCCCCCCCCCCCCCCCC(=O)OC(COCCCCCCCCCCCCCC)COP(=O)(O)OCCN. The first-order chi connectivity index (χ1) is 27.4. The van der Waals surface area contributed by atoms with Crippen molar-refractivity contribution in [2.75, 3.05) is 33.0 Å². The van der Waals surface area contributed by atoms with E-state index in [0.29, 0.717) is 13.0 Å². The second-order valence-electron chi connectivity index (χ2n) is 16.7. The molecular weight excluding hydrogens is 721 g/mol. The predicted octanol–water partition coefficient (Wildman–Crippen LogP) is 14.9. The lowest BCUT2D eigenvalue weighted by Crippen LogP contribution is -2.28. The smallest absolute Gasteiger partial charge is 0.457 e. The van der Waals surface area contributed by atoms with Crippen LogP contribution in [-0.2, 0) is 27.9 Å². The van der Waals surface area contributed by atoms with Crippen LogP contribution in [0.1, 0.15) is 258 Å². The number of carbonyl (C=O) groups excluding carboxylic acids is 1. The van der Waals surface area contributed by atoms with Crippen molar-refractivity contribution in [3.8, 4) is 0 Å². The van der Waals surface area contributed by atoms with Gasteiger partial charge in [0.2, 0.25) is 0 Å². The van der Waals surface area contributed by atoms with E-state index in [1.165, 1.54) is 205 Å². The van der Waals surface area contributed by atoms with Crippen molar-refractivity contribution >= 4 is 13.8 Å². The fourth-order valence-electron chi connectivity index (χ4n) is 7.41. The Hall–Kier alpha value is -0.500. The summed E-state index contributed by atoms with van der Waals surface area (Å²) in [4.78, 5) is 22.5. The van der Waals surface area contributed by atoms with Gasteiger partial charge in [-0.2, -0.15) is 0 Å². The van der Waals surface area contributed by atoms with Gasteiger partial charge in [-0.25, -0.2) is 4.57 Å². The van der Waals surface area contributed by atoms with Gasteiger partial charge in [0, 0.05) is 19.6 Å². The molecular formula is C47H96NO7P. The molecule has 0 saturated carbocycles. The van der Waals surface area contributed by atoms with Crippen molar-refractivity contribution in [3.05, 3.63) is 0 Å². The third kappa shape index (κ3) is 44.6. The van der Waals surface area contributed by atoms with E-state index in [1.54, 1.807) is 0 Å². The van der Waals surface area contributed by atoms with Crippen LogP contribution in [0.4, 0.5) is 0 Å². The summed E-state index contributed by atoms with van der Waals surface area (Å²) in [7, 11) is -4.27. The first-order valence-corrected chi connectivity index (χ1v) is 26.0. The first-order valence-electron chi connectivity index (χ1n) is 24.5. The van der Waals surface area contributed by atoms with Crippen LogP contribution in [0.2, 0.25) is 0 Å². The van der Waals surface area contributed by atoms with Crippen LogP contribution in [-0.4, -0.2) is 49.9 Å². The van der Waals surface area contributed by atoms with E-state index in [-0.39, 0.29) is 32.3 Å². The molecule has 8 nitrogen and oxygen atoms in total. The Labute approximate surface area is 348 Å². The molecule has 0 aliphatic heterocycles. The van der Waals surface area contributed by atoms with E-state index < -0.39 is 13.9 Å². The lowest BCUT2D eigenvalue weighted by atomic mass is 10.0. The molecule has 0 heterocycles. The molecule has 0 rings (SSSR count). The Morgan fingerprint density at radius 3 is 1.12 bits per heavy atom. The Balaban J connectivity index is 3.82. The number of nitrogens with two attached hydrogens (primary N) is 1. The zero-order chi connectivity index (χ0) is 40.9. The molecule has 0 aliphatic carbocycles. The molecule has 0 amide bonds. The van der Waals surface area contributed by atoms with E-state index in [1.807, 2.05) is 0 Å². The van der Waals surface area contributed by atoms with Crippen LogP contribution in [0.25, 0.3) is 0 Å². The molecule has 0 fully saturated rings. The fraction of sp³-hybridized carbons (Fsp3) is 0.979. The molecule has 2 atom stereocenters. The van der Waals surface area contributed by atoms with Gasteiger partial charge in [0.25, 0.3) is 0 Å². The van der Waals surface area contributed by atoms with Crippen molar-refractivity contribution in [2.24, 2.45) is 5.73 Å². The van der Waals surface area contributed by atoms with Crippen LogP contribution >= 0.6 is 7.82 Å². The number of phosphoric acid groups is 1. The van der Waals surface area contributed by atoms with E-state index in [2.05, 4.69) is 13.8 Å². The largest absolute Gasteiger partial charge is 0.472 e. The predicted molar refractivity (Wildman–Crippen MR) is 238 cm³/mol. The van der Waals surface area contributed by atoms with Gasteiger partial charge in [-0.15, -0.1) is 0 Å². The lowest BCUT2D eigenvalue weighted by molar-refractivity contribution is -0.154. The van der Waals surface area contributed by atoms with E-state index >= 15 is 0 Å². The Morgan fingerprint density at radius 1 is 0.464 bits per heavy atom. The molecule has 2 unspecified atom stereocenters. The zero-order valence-electron chi connectivity index (χ0n) is 37.4. The Kier molecular flexibility index (Phi) is 45.2. The second kappa shape index (κ2) is 45.6. The van der Waals surface area contributed by atoms with Crippen LogP contribution in [0.15, 0.2) is 0 Å². The number of phosphoric ester groups is 1. The molecule has 0 aromatic carbocycles. The quantitative estimate of drug-likeness (QED) is 0.0354. The summed E-state index contributed by atoms with van der Waals surface area (Å²) in [6, 6.07) is 0. The summed E-state index contributed by atoms with van der Waals surface area (Å²) in [6.07, 6.45) is 48.5. The summed E-state index contributed by atoms with van der Waals surface area (Å²) in [5, 5.41) is 0. The number of rotatable bonds is 48. The van der Waals surface area contributed by atoms with Crippen molar-refractivity contribution in [2.45, 2.75) is 264 Å². The molecule has 3 N–H and O–H groups in total. The van der Waals surface area contributed by atoms with Crippen LogP contribution in [0, 0.1) is 0 Å². The van der Waals surface area contributed by atoms with Crippen LogP contribution < -0.4 is 5.73 Å². The van der Waals surface area contributed by atoms with Gasteiger partial charge >= 0.3 is 13.8 Å². The molecule has 9 heteroatoms. The van der Waals surface area contributed by atoms with Gasteiger partial charge in [-0.3, -0.25) is 13.8 Å². The standard InChI is InChI=1S/C47H96NO7P/c1-3-5-7-9-11-13-15-17-18-19-20-21-22-23-24-25-26-27-28-29-30-32-34-36-38-40-47(49)55-46(45-54-56(50,51)53-43-41-48)44-52-42-39-37-35-33-31-16-14-12-10-8-6-4-2/h46H,3-45,48H2,1-2H3,(H,50,51). The molecule has 0 aromatic heterocycles. The number of hydrogen-bond acceptors (Lipinski definition) is 7. The highest BCUT2D eigenvalue weighted by Crippen LogP contribution is 2.43. The summed E-state index contributed by atoms with van der Waals surface area (Å²) in [6.45, 7) is 4.99. The second-order valence-corrected chi connectivity index (χ2v) is 18.2. The molecule has 0 saturated heterocycles.